The van der Waals surface area contributed by atoms with Gasteiger partial charge in [0.2, 0.25) is 5.91 Å². The van der Waals surface area contributed by atoms with Crippen LogP contribution in [-0.4, -0.2) is 16.3 Å². The lowest BCUT2D eigenvalue weighted by Crippen LogP contribution is -2.22. The maximum atomic E-state index is 13.1. The zero-order valence-corrected chi connectivity index (χ0v) is 15.5. The van der Waals surface area contributed by atoms with Crippen molar-refractivity contribution in [1.82, 2.24) is 5.16 Å². The molecule has 0 bridgehead atoms. The highest BCUT2D eigenvalue weighted by Crippen LogP contribution is 2.26. The third-order valence-electron chi connectivity index (χ3n) is 3.66. The number of thioether (sulfide) groups is 1. The van der Waals surface area contributed by atoms with Crippen LogP contribution in [0.25, 0.3) is 11.3 Å². The van der Waals surface area contributed by atoms with Gasteiger partial charge in [0, 0.05) is 11.6 Å². The Morgan fingerprint density at radius 3 is 2.77 bits per heavy atom. The summed E-state index contributed by atoms with van der Waals surface area (Å²) >= 11 is 7.34. The van der Waals surface area contributed by atoms with E-state index in [2.05, 4.69) is 10.5 Å². The molecule has 2 aromatic carbocycles. The van der Waals surface area contributed by atoms with Crippen LogP contribution in [0.2, 0.25) is 5.02 Å². The number of carbonyl (C=O) groups is 1. The number of nitrogens with one attached hydrogen (secondary N) is 1. The molecule has 4 nitrogen and oxygen atoms in total. The molecule has 0 radical (unpaired) electrons. The molecule has 0 fully saturated rings. The lowest BCUT2D eigenvalue weighted by molar-refractivity contribution is -0.115. The predicted octanol–water partition coefficient (Wildman–Crippen LogP) is 5.39. The Kier molecular flexibility index (Phi) is 5.96. The van der Waals surface area contributed by atoms with Crippen LogP contribution in [-0.2, 0) is 10.5 Å². The summed E-state index contributed by atoms with van der Waals surface area (Å²) in [6.45, 7) is 1.78. The standard InChI is InChI=1S/C19H16ClFN2O2S/c1-12(19(24)22-17-8-7-14(21)9-16(17)20)26-11-15-10-18(23-25-15)13-5-3-2-4-6-13/h2-10,12H,11H2,1H3,(H,22,24). The summed E-state index contributed by atoms with van der Waals surface area (Å²) in [5, 5.41) is 6.57. The molecule has 0 saturated carbocycles. The minimum Gasteiger partial charge on any atom is -0.360 e. The van der Waals surface area contributed by atoms with Gasteiger partial charge in [-0.3, -0.25) is 4.79 Å². The van der Waals surface area contributed by atoms with Crippen LogP contribution in [0.4, 0.5) is 10.1 Å². The van der Waals surface area contributed by atoms with Crippen molar-refractivity contribution < 1.29 is 13.7 Å². The molecule has 0 aliphatic carbocycles. The Labute approximate surface area is 159 Å². The molecule has 134 valence electrons. The lowest BCUT2D eigenvalue weighted by atomic mass is 10.1. The number of aromatic nitrogens is 1. The van der Waals surface area contributed by atoms with Crippen molar-refractivity contribution in [1.29, 1.82) is 0 Å². The molecule has 1 heterocycles. The Morgan fingerprint density at radius 1 is 1.27 bits per heavy atom. The summed E-state index contributed by atoms with van der Waals surface area (Å²) in [5.41, 5.74) is 2.12. The molecule has 7 heteroatoms. The number of rotatable bonds is 6. The van der Waals surface area contributed by atoms with Gasteiger partial charge in [0.05, 0.1) is 21.7 Å². The first-order valence-corrected chi connectivity index (χ1v) is 9.34. The van der Waals surface area contributed by atoms with Crippen LogP contribution >= 0.6 is 23.4 Å². The fraction of sp³-hybridized carbons (Fsp3) is 0.158. The molecule has 3 aromatic rings. The van der Waals surface area contributed by atoms with Gasteiger partial charge in [0.1, 0.15) is 17.3 Å². The second-order valence-electron chi connectivity index (χ2n) is 5.61. The number of hydrogen-bond acceptors (Lipinski definition) is 4. The van der Waals surface area contributed by atoms with E-state index in [1.807, 2.05) is 36.4 Å². The largest absolute Gasteiger partial charge is 0.360 e. The van der Waals surface area contributed by atoms with Crippen LogP contribution in [0.15, 0.2) is 59.1 Å². The maximum Gasteiger partial charge on any atom is 0.237 e. The fourth-order valence-electron chi connectivity index (χ4n) is 2.23. The van der Waals surface area contributed by atoms with E-state index >= 15 is 0 Å². The Balaban J connectivity index is 1.56. The highest BCUT2D eigenvalue weighted by atomic mass is 35.5. The van der Waals surface area contributed by atoms with Crippen molar-refractivity contribution in [3.63, 3.8) is 0 Å². The summed E-state index contributed by atoms with van der Waals surface area (Å²) < 4.78 is 18.4. The third kappa shape index (κ3) is 4.65. The van der Waals surface area contributed by atoms with Gasteiger partial charge in [-0.2, -0.15) is 0 Å². The van der Waals surface area contributed by atoms with E-state index in [1.165, 1.54) is 23.9 Å². The monoisotopic (exact) mass is 390 g/mol. The fourth-order valence-corrected chi connectivity index (χ4v) is 3.21. The number of benzene rings is 2. The molecule has 1 unspecified atom stereocenters. The van der Waals surface area contributed by atoms with Crippen molar-refractivity contribution in [3.8, 4) is 11.3 Å². The molecule has 1 aromatic heterocycles. The minimum atomic E-state index is -0.449. The van der Waals surface area contributed by atoms with Gasteiger partial charge >= 0.3 is 0 Å². The number of amides is 1. The van der Waals surface area contributed by atoms with Gasteiger partial charge in [-0.05, 0) is 25.1 Å². The van der Waals surface area contributed by atoms with Crippen molar-refractivity contribution in [2.45, 2.75) is 17.9 Å². The first-order valence-electron chi connectivity index (χ1n) is 7.91. The predicted molar refractivity (Wildman–Crippen MR) is 103 cm³/mol. The molecular formula is C19H16ClFN2O2S. The van der Waals surface area contributed by atoms with Crippen LogP contribution in [0.1, 0.15) is 12.7 Å². The van der Waals surface area contributed by atoms with Crippen LogP contribution in [0, 0.1) is 5.82 Å². The smallest absolute Gasteiger partial charge is 0.237 e. The van der Waals surface area contributed by atoms with E-state index in [1.54, 1.807) is 6.92 Å². The normalized spacial score (nSPS) is 12.0. The highest BCUT2D eigenvalue weighted by Gasteiger charge is 2.16. The zero-order valence-electron chi connectivity index (χ0n) is 13.9. The number of anilines is 1. The van der Waals surface area contributed by atoms with Crippen LogP contribution in [0.5, 0.6) is 0 Å². The summed E-state index contributed by atoms with van der Waals surface area (Å²) in [4.78, 5) is 12.3. The van der Waals surface area contributed by atoms with E-state index in [4.69, 9.17) is 16.1 Å². The van der Waals surface area contributed by atoms with Gasteiger partial charge < -0.3 is 9.84 Å². The quantitative estimate of drug-likeness (QED) is 0.612. The highest BCUT2D eigenvalue weighted by molar-refractivity contribution is 7.99. The molecule has 26 heavy (non-hydrogen) atoms. The summed E-state index contributed by atoms with van der Waals surface area (Å²) in [5.74, 6) is 0.528. The first kappa shape index (κ1) is 18.5. The summed E-state index contributed by atoms with van der Waals surface area (Å²) in [7, 11) is 0. The molecule has 1 atom stereocenters. The zero-order chi connectivity index (χ0) is 18.5. The number of carbonyl (C=O) groups excluding carboxylic acids is 1. The van der Waals surface area contributed by atoms with E-state index in [0.717, 1.165) is 17.3 Å². The summed E-state index contributed by atoms with van der Waals surface area (Å²) in [6, 6.07) is 15.4. The maximum absolute atomic E-state index is 13.1. The van der Waals surface area contributed by atoms with Crippen LogP contribution < -0.4 is 5.32 Å². The van der Waals surface area contributed by atoms with E-state index in [-0.39, 0.29) is 16.2 Å². The van der Waals surface area contributed by atoms with Gasteiger partial charge in [0.15, 0.2) is 0 Å². The average molecular weight is 391 g/mol. The molecule has 0 spiro atoms. The number of nitrogens with zero attached hydrogens (tertiary/aromatic N) is 1. The Bertz CT molecular complexity index is 902. The van der Waals surface area contributed by atoms with Crippen molar-refractivity contribution in [2.24, 2.45) is 0 Å². The van der Waals surface area contributed by atoms with E-state index in [9.17, 15) is 9.18 Å². The first-order chi connectivity index (χ1) is 12.5. The van der Waals surface area contributed by atoms with Gasteiger partial charge in [-0.25, -0.2) is 4.39 Å². The second-order valence-corrected chi connectivity index (χ2v) is 7.35. The van der Waals surface area contributed by atoms with Gasteiger partial charge in [0.25, 0.3) is 0 Å². The Morgan fingerprint density at radius 2 is 2.04 bits per heavy atom. The molecule has 0 aliphatic heterocycles. The molecule has 0 aliphatic rings. The van der Waals surface area contributed by atoms with E-state index in [0.29, 0.717) is 17.2 Å². The SMILES string of the molecule is CC(SCc1cc(-c2ccccc2)no1)C(=O)Nc1ccc(F)cc1Cl. The molecule has 0 saturated heterocycles. The van der Waals surface area contributed by atoms with Gasteiger partial charge in [-0.15, -0.1) is 11.8 Å². The second kappa shape index (κ2) is 8.38. The average Bonchev–Trinajstić information content (AvgIpc) is 3.11. The molecular weight excluding hydrogens is 375 g/mol. The van der Waals surface area contributed by atoms with Crippen molar-refractivity contribution >= 4 is 35.0 Å². The molecule has 1 amide bonds. The molecule has 3 rings (SSSR count). The van der Waals surface area contributed by atoms with E-state index < -0.39 is 5.82 Å². The number of hydrogen-bond donors (Lipinski definition) is 1. The van der Waals surface area contributed by atoms with Crippen LogP contribution in [0.3, 0.4) is 0 Å². The Hall–Kier alpha value is -2.31. The number of halogens is 2. The van der Waals surface area contributed by atoms with Gasteiger partial charge in [-0.1, -0.05) is 47.1 Å². The minimum absolute atomic E-state index is 0.165. The third-order valence-corrected chi connectivity index (χ3v) is 5.14. The van der Waals surface area contributed by atoms with Crippen molar-refractivity contribution in [3.05, 3.63) is 71.2 Å². The lowest BCUT2D eigenvalue weighted by Gasteiger charge is -2.12. The van der Waals surface area contributed by atoms with Crippen molar-refractivity contribution in [2.75, 3.05) is 5.32 Å². The summed E-state index contributed by atoms with van der Waals surface area (Å²) in [6.07, 6.45) is 0. The topological polar surface area (TPSA) is 55.1 Å². The molecule has 1 N–H and O–H groups in total.